The van der Waals surface area contributed by atoms with Crippen molar-refractivity contribution in [1.29, 1.82) is 0 Å². The van der Waals surface area contributed by atoms with Gasteiger partial charge >= 0.3 is 0 Å². The Hall–Kier alpha value is -3.40. The maximum Gasteiger partial charge on any atom is 0.197 e. The average Bonchev–Trinajstić information content (AvgIpc) is 2.88. The lowest BCUT2D eigenvalue weighted by atomic mass is 9.88. The van der Waals surface area contributed by atoms with Crippen LogP contribution in [0.5, 0.6) is 0 Å². The van der Waals surface area contributed by atoms with Gasteiger partial charge < -0.3 is 9.13 Å². The molecule has 0 fully saturated rings. The first kappa shape index (κ1) is 20.0. The zero-order valence-electron chi connectivity index (χ0n) is 19.8. The van der Waals surface area contributed by atoms with Crippen molar-refractivity contribution in [1.82, 2.24) is 9.13 Å². The smallest absolute Gasteiger partial charge is 0.197 e. The van der Waals surface area contributed by atoms with E-state index in [0.717, 1.165) is 71.4 Å². The Morgan fingerprint density at radius 1 is 0.559 bits per heavy atom. The molecule has 3 aromatic carbocycles. The fourth-order valence-corrected chi connectivity index (χ4v) is 6.78. The quantitative estimate of drug-likeness (QED) is 0.296. The molecule has 0 aliphatic heterocycles. The van der Waals surface area contributed by atoms with E-state index in [0.29, 0.717) is 10.8 Å². The van der Waals surface area contributed by atoms with E-state index in [9.17, 15) is 9.59 Å². The molecule has 2 aliphatic carbocycles. The van der Waals surface area contributed by atoms with Gasteiger partial charge in [0.1, 0.15) is 0 Å². The summed E-state index contributed by atoms with van der Waals surface area (Å²) in [7, 11) is 4.10. The highest BCUT2D eigenvalue weighted by Gasteiger charge is 2.21. The van der Waals surface area contributed by atoms with Crippen LogP contribution in [-0.4, -0.2) is 9.13 Å². The van der Waals surface area contributed by atoms with Crippen LogP contribution in [0.4, 0.5) is 0 Å². The monoisotopic (exact) mass is 448 g/mol. The van der Waals surface area contributed by atoms with Crippen LogP contribution in [-0.2, 0) is 39.8 Å². The second kappa shape index (κ2) is 7.05. The minimum absolute atomic E-state index is 0.0704. The lowest BCUT2D eigenvalue weighted by Crippen LogP contribution is -2.17. The van der Waals surface area contributed by atoms with Crippen LogP contribution in [0.3, 0.4) is 0 Å². The Morgan fingerprint density at radius 2 is 0.971 bits per heavy atom. The molecular formula is C30H28N2O2. The zero-order chi connectivity index (χ0) is 23.1. The molecule has 0 saturated heterocycles. The third-order valence-electron chi connectivity index (χ3n) is 8.49. The van der Waals surface area contributed by atoms with Crippen molar-refractivity contribution >= 4 is 43.6 Å². The van der Waals surface area contributed by atoms with Crippen molar-refractivity contribution in [2.45, 2.75) is 51.4 Å². The summed E-state index contributed by atoms with van der Waals surface area (Å²) in [6.07, 6.45) is 8.90. The number of aromatic nitrogens is 2. The second-order valence-corrected chi connectivity index (χ2v) is 10.3. The molecule has 4 heteroatoms. The summed E-state index contributed by atoms with van der Waals surface area (Å²) in [4.78, 5) is 27.5. The molecule has 34 heavy (non-hydrogen) atoms. The van der Waals surface area contributed by atoms with E-state index in [1.165, 1.54) is 35.1 Å². The van der Waals surface area contributed by atoms with Gasteiger partial charge in [0.15, 0.2) is 10.9 Å². The number of hydrogen-bond acceptors (Lipinski definition) is 2. The summed E-state index contributed by atoms with van der Waals surface area (Å²) in [6, 6.07) is 12.3. The average molecular weight is 449 g/mol. The van der Waals surface area contributed by atoms with E-state index < -0.39 is 0 Å². The fraction of sp³-hybridized carbons (Fsp3) is 0.333. The molecule has 0 spiro atoms. The van der Waals surface area contributed by atoms with Crippen LogP contribution in [0.2, 0.25) is 0 Å². The molecule has 0 N–H and O–H groups in total. The number of pyridine rings is 2. The van der Waals surface area contributed by atoms with E-state index >= 15 is 0 Å². The Kier molecular flexibility index (Phi) is 4.15. The van der Waals surface area contributed by atoms with Crippen molar-refractivity contribution in [3.8, 4) is 0 Å². The highest BCUT2D eigenvalue weighted by Crippen LogP contribution is 2.33. The van der Waals surface area contributed by atoms with Crippen LogP contribution < -0.4 is 10.9 Å². The summed E-state index contributed by atoms with van der Waals surface area (Å²) in [5.41, 5.74) is 9.26. The largest absolute Gasteiger partial charge is 0.343 e. The predicted molar refractivity (Wildman–Crippen MR) is 140 cm³/mol. The molecule has 0 amide bonds. The van der Waals surface area contributed by atoms with Gasteiger partial charge in [0.05, 0.1) is 22.1 Å². The van der Waals surface area contributed by atoms with Gasteiger partial charge in [-0.2, -0.15) is 0 Å². The number of nitrogens with zero attached hydrogens (tertiary/aromatic N) is 2. The number of benzene rings is 3. The summed E-state index contributed by atoms with van der Waals surface area (Å²) >= 11 is 0. The van der Waals surface area contributed by atoms with Crippen LogP contribution in [0.15, 0.2) is 46.0 Å². The summed E-state index contributed by atoms with van der Waals surface area (Å²) in [5.74, 6) is 0. The summed E-state index contributed by atoms with van der Waals surface area (Å²) in [5, 5.41) is 2.96. The van der Waals surface area contributed by atoms with Crippen LogP contribution in [0.25, 0.3) is 43.6 Å². The lowest BCUT2D eigenvalue weighted by Gasteiger charge is -2.22. The van der Waals surface area contributed by atoms with E-state index in [1.807, 2.05) is 38.4 Å². The number of hydrogen-bond donors (Lipinski definition) is 0. The van der Waals surface area contributed by atoms with Gasteiger partial charge in [-0.05, 0) is 97.9 Å². The Labute approximate surface area is 197 Å². The molecule has 2 heterocycles. The first-order valence-corrected chi connectivity index (χ1v) is 12.6. The van der Waals surface area contributed by atoms with Crippen molar-refractivity contribution in [2.24, 2.45) is 14.1 Å². The van der Waals surface area contributed by atoms with Gasteiger partial charge in [-0.3, -0.25) is 9.59 Å². The van der Waals surface area contributed by atoms with Gasteiger partial charge in [0, 0.05) is 35.6 Å². The highest BCUT2D eigenvalue weighted by molar-refractivity contribution is 6.04. The molecule has 2 aromatic heterocycles. The van der Waals surface area contributed by atoms with E-state index in [2.05, 4.69) is 21.3 Å². The molecule has 170 valence electrons. The minimum Gasteiger partial charge on any atom is -0.343 e. The van der Waals surface area contributed by atoms with Crippen LogP contribution in [0, 0.1) is 0 Å². The molecule has 4 nitrogen and oxygen atoms in total. The Morgan fingerprint density at radius 3 is 1.41 bits per heavy atom. The molecular weight excluding hydrogens is 420 g/mol. The maximum atomic E-state index is 13.8. The summed E-state index contributed by atoms with van der Waals surface area (Å²) in [6.45, 7) is 0. The first-order chi connectivity index (χ1) is 16.5. The molecule has 0 atom stereocenters. The standard InChI is InChI=1S/C30H28N2O2/c1-31-25-15-24-26(32(2)28-20-10-6-4-8-18(20)12-14-22(28)30(24)34)16-23(25)29(33)21-13-11-17-7-3-5-9-19(17)27(21)31/h11-16H,3-10H2,1-2H3. The van der Waals surface area contributed by atoms with Gasteiger partial charge in [0.2, 0.25) is 0 Å². The normalized spacial score (nSPS) is 15.8. The van der Waals surface area contributed by atoms with Crippen molar-refractivity contribution < 1.29 is 0 Å². The molecule has 0 saturated carbocycles. The topological polar surface area (TPSA) is 44.0 Å². The molecule has 0 radical (unpaired) electrons. The second-order valence-electron chi connectivity index (χ2n) is 10.3. The van der Waals surface area contributed by atoms with Crippen molar-refractivity contribution in [3.63, 3.8) is 0 Å². The molecule has 0 unspecified atom stereocenters. The SMILES string of the molecule is Cn1c2cc3c(=O)c4ccc5c(c4n(C)c3cc2c(=O)c2ccc3c(c21)CCCC3)CCCC5. The third-order valence-corrected chi connectivity index (χ3v) is 8.49. The first-order valence-electron chi connectivity index (χ1n) is 12.6. The predicted octanol–water partition coefficient (Wildman–Crippen LogP) is 5.45. The van der Waals surface area contributed by atoms with Gasteiger partial charge in [-0.15, -0.1) is 0 Å². The molecule has 2 aliphatic rings. The van der Waals surface area contributed by atoms with Gasteiger partial charge in [-0.25, -0.2) is 0 Å². The van der Waals surface area contributed by atoms with Crippen molar-refractivity contribution in [2.75, 3.05) is 0 Å². The lowest BCUT2D eigenvalue weighted by molar-refractivity contribution is 0.687. The number of aryl methyl sites for hydroxylation is 6. The van der Waals surface area contributed by atoms with E-state index in [-0.39, 0.29) is 10.9 Å². The minimum atomic E-state index is 0.0704. The van der Waals surface area contributed by atoms with Gasteiger partial charge in [-0.1, -0.05) is 12.1 Å². The van der Waals surface area contributed by atoms with Crippen molar-refractivity contribution in [3.05, 3.63) is 79.1 Å². The Bertz CT molecular complexity index is 1690. The molecule has 5 aromatic rings. The van der Waals surface area contributed by atoms with E-state index in [1.54, 1.807) is 0 Å². The maximum absolute atomic E-state index is 13.8. The number of rotatable bonds is 0. The highest BCUT2D eigenvalue weighted by atomic mass is 16.1. The number of fused-ring (bicyclic) bond motifs is 8. The van der Waals surface area contributed by atoms with Crippen LogP contribution >= 0.6 is 0 Å². The molecule has 7 rings (SSSR count). The van der Waals surface area contributed by atoms with Gasteiger partial charge in [0.25, 0.3) is 0 Å². The summed E-state index contributed by atoms with van der Waals surface area (Å²) < 4.78 is 4.32. The van der Waals surface area contributed by atoms with E-state index in [4.69, 9.17) is 0 Å². The molecule has 0 bridgehead atoms. The zero-order valence-corrected chi connectivity index (χ0v) is 19.8. The third kappa shape index (κ3) is 2.54. The van der Waals surface area contributed by atoms with Crippen LogP contribution in [0.1, 0.15) is 47.9 Å². The Balaban J connectivity index is 1.66. The fourth-order valence-electron chi connectivity index (χ4n) is 6.78.